The zero-order chi connectivity index (χ0) is 25.6. The Morgan fingerprint density at radius 3 is 2.14 bits per heavy atom. The maximum atomic E-state index is 12.6. The van der Waals surface area contributed by atoms with Gasteiger partial charge in [0.25, 0.3) is 0 Å². The van der Waals surface area contributed by atoms with Gasteiger partial charge in [0.2, 0.25) is 6.86 Å². The number of nitrogens with two attached hydrogens (primary N) is 1. The topological polar surface area (TPSA) is 46.7 Å². The van der Waals surface area contributed by atoms with Gasteiger partial charge >= 0.3 is 0 Å². The Morgan fingerprint density at radius 1 is 0.838 bits per heavy atom. The smallest absolute Gasteiger partial charge is 0.228 e. The van der Waals surface area contributed by atoms with Crippen LogP contribution in [0.3, 0.4) is 0 Å². The molecule has 0 radical (unpaired) electrons. The van der Waals surface area contributed by atoms with E-state index in [9.17, 15) is 4.39 Å². The van der Waals surface area contributed by atoms with Crippen molar-refractivity contribution in [1.82, 2.24) is 14.4 Å². The lowest BCUT2D eigenvalue weighted by Crippen LogP contribution is -2.45. The van der Waals surface area contributed by atoms with Gasteiger partial charge in [-0.25, -0.2) is 4.39 Å². The van der Waals surface area contributed by atoms with Gasteiger partial charge in [-0.2, -0.15) is 0 Å². The Hall–Kier alpha value is -2.90. The maximum Gasteiger partial charge on any atom is 0.228 e. The number of hydrogen-bond acceptors (Lipinski definition) is 4. The first-order valence-electron chi connectivity index (χ1n) is 12.9. The van der Waals surface area contributed by atoms with Crippen LogP contribution in [-0.4, -0.2) is 54.0 Å². The minimum absolute atomic E-state index is 0.536. The molecule has 37 heavy (non-hydrogen) atoms. The van der Waals surface area contributed by atoms with Crippen LogP contribution in [0.2, 0.25) is 5.02 Å². The molecule has 4 aromatic rings. The fourth-order valence-electron chi connectivity index (χ4n) is 5.12. The predicted octanol–water partition coefficient (Wildman–Crippen LogP) is 5.93. The molecule has 0 aliphatic carbocycles. The summed E-state index contributed by atoms with van der Waals surface area (Å²) in [6.45, 7) is 6.82. The highest BCUT2D eigenvalue weighted by molar-refractivity contribution is 6.30. The minimum atomic E-state index is -0.823. The molecule has 0 saturated carbocycles. The summed E-state index contributed by atoms with van der Waals surface area (Å²) in [6.07, 6.45) is 3.14. The van der Waals surface area contributed by atoms with E-state index in [1.54, 1.807) is 0 Å². The molecule has 2 heterocycles. The van der Waals surface area contributed by atoms with Gasteiger partial charge in [-0.3, -0.25) is 9.80 Å². The number of nitrogens with zero attached hydrogens (tertiary/aromatic N) is 3. The van der Waals surface area contributed by atoms with Crippen LogP contribution in [0.5, 0.6) is 5.75 Å². The summed E-state index contributed by atoms with van der Waals surface area (Å²) in [5.74, 6) is 0.536. The number of ether oxygens (including phenoxy) is 1. The third-order valence-electron chi connectivity index (χ3n) is 7.13. The molecule has 2 N–H and O–H groups in total. The van der Waals surface area contributed by atoms with Crippen molar-refractivity contribution < 1.29 is 9.13 Å². The molecule has 0 amide bonds. The molecule has 0 atom stereocenters. The summed E-state index contributed by atoms with van der Waals surface area (Å²) < 4.78 is 19.8. The van der Waals surface area contributed by atoms with Crippen molar-refractivity contribution in [3.05, 3.63) is 89.1 Å². The van der Waals surface area contributed by atoms with Crippen LogP contribution < -0.4 is 10.5 Å². The Bertz CT molecular complexity index is 1300. The first kappa shape index (κ1) is 25.7. The highest BCUT2D eigenvalue weighted by Crippen LogP contribution is 2.33. The number of halogens is 2. The predicted molar refractivity (Wildman–Crippen MR) is 150 cm³/mol. The Kier molecular flexibility index (Phi) is 8.41. The van der Waals surface area contributed by atoms with Crippen LogP contribution >= 0.6 is 11.6 Å². The van der Waals surface area contributed by atoms with Crippen molar-refractivity contribution >= 4 is 22.5 Å². The van der Waals surface area contributed by atoms with Gasteiger partial charge in [0, 0.05) is 73.5 Å². The number of piperazine rings is 1. The molecular weight excluding hydrogens is 487 g/mol. The number of rotatable bonds is 10. The molecule has 1 aromatic heterocycles. The van der Waals surface area contributed by atoms with Gasteiger partial charge in [-0.15, -0.1) is 0 Å². The molecular formula is C30H34ClFN4O. The van der Waals surface area contributed by atoms with Crippen LogP contribution in [0.4, 0.5) is 4.39 Å². The molecule has 5 nitrogen and oxygen atoms in total. The lowest BCUT2D eigenvalue weighted by Gasteiger charge is -2.34. The minimum Gasteiger partial charge on any atom is -0.463 e. The molecule has 0 unspecified atom stereocenters. The van der Waals surface area contributed by atoms with Gasteiger partial charge in [0.05, 0.1) is 0 Å². The monoisotopic (exact) mass is 520 g/mol. The number of alkyl halides is 1. The summed E-state index contributed by atoms with van der Waals surface area (Å²) in [5, 5.41) is 2.02. The van der Waals surface area contributed by atoms with Crippen molar-refractivity contribution in [3.63, 3.8) is 0 Å². The standard InChI is InChI=1S/C30H34ClFN4O/c31-26-7-2-23(3-8-26)19-34-14-16-35(17-15-34)20-24-4-11-30-28(18-24)29(21-36(30)13-1-12-33)25-5-9-27(10-6-25)37-22-32/h2-11,18,21H,1,12-17,19-20,22,33H2. The second-order valence-electron chi connectivity index (χ2n) is 9.69. The summed E-state index contributed by atoms with van der Waals surface area (Å²) in [5.41, 5.74) is 11.9. The maximum absolute atomic E-state index is 12.6. The lowest BCUT2D eigenvalue weighted by atomic mass is 10.0. The molecule has 194 valence electrons. The molecule has 3 aromatic carbocycles. The highest BCUT2D eigenvalue weighted by atomic mass is 35.5. The number of fused-ring (bicyclic) bond motifs is 1. The summed E-state index contributed by atoms with van der Waals surface area (Å²) in [4.78, 5) is 5.04. The van der Waals surface area contributed by atoms with Crippen LogP contribution in [0.15, 0.2) is 72.9 Å². The van der Waals surface area contributed by atoms with Crippen LogP contribution in [-0.2, 0) is 19.6 Å². The van der Waals surface area contributed by atoms with Crippen LogP contribution in [0, 0.1) is 0 Å². The molecule has 0 bridgehead atoms. The van der Waals surface area contributed by atoms with Gasteiger partial charge < -0.3 is 15.0 Å². The van der Waals surface area contributed by atoms with Crippen LogP contribution in [0.25, 0.3) is 22.0 Å². The van der Waals surface area contributed by atoms with Crippen LogP contribution in [0.1, 0.15) is 17.5 Å². The first-order chi connectivity index (χ1) is 18.1. The zero-order valence-corrected chi connectivity index (χ0v) is 21.8. The number of hydrogen-bond donors (Lipinski definition) is 1. The van der Waals surface area contributed by atoms with E-state index in [1.165, 1.54) is 27.6 Å². The second-order valence-corrected chi connectivity index (χ2v) is 10.1. The molecule has 5 rings (SSSR count). The fraction of sp³-hybridized carbons (Fsp3) is 0.333. The average molecular weight is 521 g/mol. The summed E-state index contributed by atoms with van der Waals surface area (Å²) in [6, 6.07) is 22.6. The van der Waals surface area contributed by atoms with Crippen molar-refractivity contribution in [2.45, 2.75) is 26.1 Å². The van der Waals surface area contributed by atoms with E-state index in [2.05, 4.69) is 50.9 Å². The highest BCUT2D eigenvalue weighted by Gasteiger charge is 2.18. The Balaban J connectivity index is 1.30. The summed E-state index contributed by atoms with van der Waals surface area (Å²) in [7, 11) is 0. The van der Waals surface area contributed by atoms with Gasteiger partial charge in [0.1, 0.15) is 5.75 Å². The van der Waals surface area contributed by atoms with E-state index in [4.69, 9.17) is 22.1 Å². The van der Waals surface area contributed by atoms with E-state index in [-0.39, 0.29) is 0 Å². The summed E-state index contributed by atoms with van der Waals surface area (Å²) >= 11 is 6.03. The van der Waals surface area contributed by atoms with E-state index < -0.39 is 6.86 Å². The third-order valence-corrected chi connectivity index (χ3v) is 7.38. The van der Waals surface area contributed by atoms with Crippen molar-refractivity contribution in [2.75, 3.05) is 39.6 Å². The van der Waals surface area contributed by atoms with Gasteiger partial charge in [-0.05, 0) is 66.1 Å². The Labute approximate surface area is 223 Å². The molecule has 1 aliphatic rings. The molecule has 1 aliphatic heterocycles. The number of benzene rings is 3. The largest absolute Gasteiger partial charge is 0.463 e. The molecule has 0 spiro atoms. The van der Waals surface area contributed by atoms with Gasteiger partial charge in [0.15, 0.2) is 0 Å². The lowest BCUT2D eigenvalue weighted by molar-refractivity contribution is 0.122. The third kappa shape index (κ3) is 6.33. The SMILES string of the molecule is NCCCn1cc(-c2ccc(OCF)cc2)c2cc(CN3CCN(Cc4ccc(Cl)cc4)CC3)ccc21. The quantitative estimate of drug-likeness (QED) is 0.281. The van der Waals surface area contributed by atoms with Crippen molar-refractivity contribution in [2.24, 2.45) is 5.73 Å². The van der Waals surface area contributed by atoms with E-state index in [0.717, 1.165) is 62.8 Å². The molecule has 1 saturated heterocycles. The van der Waals surface area contributed by atoms with E-state index in [0.29, 0.717) is 12.3 Å². The molecule has 7 heteroatoms. The number of aromatic nitrogens is 1. The average Bonchev–Trinajstić information content (AvgIpc) is 3.28. The van der Waals surface area contributed by atoms with E-state index in [1.807, 2.05) is 36.4 Å². The Morgan fingerprint density at radius 2 is 1.49 bits per heavy atom. The fourth-order valence-corrected chi connectivity index (χ4v) is 5.25. The second kappa shape index (κ2) is 12.1. The normalized spacial score (nSPS) is 14.9. The molecule has 1 fully saturated rings. The van der Waals surface area contributed by atoms with Crippen molar-refractivity contribution in [1.29, 1.82) is 0 Å². The van der Waals surface area contributed by atoms with Crippen molar-refractivity contribution in [3.8, 4) is 16.9 Å². The zero-order valence-electron chi connectivity index (χ0n) is 21.1. The number of aryl methyl sites for hydroxylation is 1. The van der Waals surface area contributed by atoms with Gasteiger partial charge in [-0.1, -0.05) is 41.9 Å². The van der Waals surface area contributed by atoms with E-state index >= 15 is 0 Å². The first-order valence-corrected chi connectivity index (χ1v) is 13.3.